The van der Waals surface area contributed by atoms with Crippen molar-refractivity contribution < 1.29 is 0 Å². The second kappa shape index (κ2) is 7.41. The Hall–Kier alpha value is -0.380. The minimum Gasteiger partial charge on any atom is -0.310 e. The predicted molar refractivity (Wildman–Crippen MR) is 85.4 cm³/mol. The fourth-order valence-electron chi connectivity index (χ4n) is 2.69. The molecule has 1 unspecified atom stereocenters. The van der Waals surface area contributed by atoms with Crippen LogP contribution in [0, 0.1) is 0 Å². The SMILES string of the molecule is CCNC(CCN(CC)C1CC1)c1cccc(Br)c1. The van der Waals surface area contributed by atoms with Gasteiger partial charge in [0, 0.05) is 23.1 Å². The maximum Gasteiger partial charge on any atom is 0.0332 e. The second-order valence-electron chi connectivity index (χ2n) is 5.31. The summed E-state index contributed by atoms with van der Waals surface area (Å²) in [7, 11) is 0. The standard InChI is InChI=1S/C16H25BrN2/c1-3-18-16(13-6-5-7-14(17)12-13)10-11-19(4-2)15-8-9-15/h5-7,12,15-16,18H,3-4,8-11H2,1-2H3. The van der Waals surface area contributed by atoms with E-state index in [4.69, 9.17) is 0 Å². The first-order valence-corrected chi connectivity index (χ1v) is 8.26. The summed E-state index contributed by atoms with van der Waals surface area (Å²) in [6, 6.07) is 10.0. The van der Waals surface area contributed by atoms with Gasteiger partial charge in [-0.05, 0) is 50.0 Å². The van der Waals surface area contributed by atoms with Crippen LogP contribution < -0.4 is 5.32 Å². The number of rotatable bonds is 8. The molecule has 106 valence electrons. The van der Waals surface area contributed by atoms with E-state index in [1.807, 2.05) is 0 Å². The van der Waals surface area contributed by atoms with Gasteiger partial charge in [0.1, 0.15) is 0 Å². The summed E-state index contributed by atoms with van der Waals surface area (Å²) < 4.78 is 1.17. The molecule has 1 aromatic rings. The van der Waals surface area contributed by atoms with Crippen LogP contribution in [0.1, 0.15) is 44.7 Å². The summed E-state index contributed by atoms with van der Waals surface area (Å²) in [6.07, 6.45) is 3.99. The average Bonchev–Trinajstić information content (AvgIpc) is 3.23. The molecular formula is C16H25BrN2. The summed E-state index contributed by atoms with van der Waals surface area (Å²) >= 11 is 3.57. The molecule has 1 saturated carbocycles. The van der Waals surface area contributed by atoms with Crippen molar-refractivity contribution in [3.63, 3.8) is 0 Å². The lowest BCUT2D eigenvalue weighted by molar-refractivity contribution is 0.260. The van der Waals surface area contributed by atoms with Crippen molar-refractivity contribution in [2.24, 2.45) is 0 Å². The van der Waals surface area contributed by atoms with Crippen molar-refractivity contribution >= 4 is 15.9 Å². The number of benzene rings is 1. The van der Waals surface area contributed by atoms with Gasteiger partial charge in [-0.2, -0.15) is 0 Å². The van der Waals surface area contributed by atoms with Crippen LogP contribution >= 0.6 is 15.9 Å². The fraction of sp³-hybridized carbons (Fsp3) is 0.625. The summed E-state index contributed by atoms with van der Waals surface area (Å²) in [6.45, 7) is 7.86. The molecule has 0 heterocycles. The molecular weight excluding hydrogens is 300 g/mol. The third-order valence-electron chi connectivity index (χ3n) is 3.88. The summed E-state index contributed by atoms with van der Waals surface area (Å²) in [5.41, 5.74) is 1.39. The van der Waals surface area contributed by atoms with Crippen molar-refractivity contribution in [2.75, 3.05) is 19.6 Å². The highest BCUT2D eigenvalue weighted by atomic mass is 79.9. The minimum atomic E-state index is 0.468. The fourth-order valence-corrected chi connectivity index (χ4v) is 3.11. The van der Waals surface area contributed by atoms with Gasteiger partial charge in [-0.25, -0.2) is 0 Å². The Balaban J connectivity index is 1.95. The Morgan fingerprint density at radius 3 is 2.74 bits per heavy atom. The number of nitrogens with zero attached hydrogens (tertiary/aromatic N) is 1. The molecule has 1 N–H and O–H groups in total. The molecule has 0 saturated heterocycles. The first-order valence-electron chi connectivity index (χ1n) is 7.47. The van der Waals surface area contributed by atoms with E-state index in [1.165, 1.54) is 42.4 Å². The molecule has 0 amide bonds. The van der Waals surface area contributed by atoms with Crippen LogP contribution in [0.25, 0.3) is 0 Å². The number of hydrogen-bond acceptors (Lipinski definition) is 2. The Kier molecular flexibility index (Phi) is 5.86. The first kappa shape index (κ1) is 15.0. The topological polar surface area (TPSA) is 15.3 Å². The van der Waals surface area contributed by atoms with Gasteiger partial charge in [-0.1, -0.05) is 41.9 Å². The van der Waals surface area contributed by atoms with E-state index in [0.717, 1.165) is 12.6 Å². The Labute approximate surface area is 125 Å². The summed E-state index contributed by atoms with van der Waals surface area (Å²) in [4.78, 5) is 2.63. The van der Waals surface area contributed by atoms with Crippen LogP contribution in [-0.2, 0) is 0 Å². The zero-order valence-electron chi connectivity index (χ0n) is 12.0. The average molecular weight is 325 g/mol. The smallest absolute Gasteiger partial charge is 0.0332 e. The maximum atomic E-state index is 3.62. The zero-order valence-corrected chi connectivity index (χ0v) is 13.6. The molecule has 2 rings (SSSR count). The molecule has 0 bridgehead atoms. The highest BCUT2D eigenvalue weighted by molar-refractivity contribution is 9.10. The number of hydrogen-bond donors (Lipinski definition) is 1. The van der Waals surface area contributed by atoms with Crippen LogP contribution in [0.4, 0.5) is 0 Å². The van der Waals surface area contributed by atoms with E-state index in [-0.39, 0.29) is 0 Å². The second-order valence-corrected chi connectivity index (χ2v) is 6.23. The van der Waals surface area contributed by atoms with Gasteiger partial charge in [0.25, 0.3) is 0 Å². The Morgan fingerprint density at radius 1 is 1.37 bits per heavy atom. The molecule has 0 spiro atoms. The van der Waals surface area contributed by atoms with E-state index in [0.29, 0.717) is 6.04 Å². The highest BCUT2D eigenvalue weighted by Gasteiger charge is 2.27. The molecule has 1 atom stereocenters. The molecule has 0 radical (unpaired) electrons. The zero-order chi connectivity index (χ0) is 13.7. The van der Waals surface area contributed by atoms with E-state index < -0.39 is 0 Å². The number of halogens is 1. The van der Waals surface area contributed by atoms with E-state index >= 15 is 0 Å². The third-order valence-corrected chi connectivity index (χ3v) is 4.37. The molecule has 1 aliphatic rings. The molecule has 1 fully saturated rings. The molecule has 0 aromatic heterocycles. The van der Waals surface area contributed by atoms with Crippen LogP contribution in [0.15, 0.2) is 28.7 Å². The molecule has 1 aliphatic carbocycles. The molecule has 2 nitrogen and oxygen atoms in total. The normalized spacial score (nSPS) is 16.8. The third kappa shape index (κ3) is 4.59. The first-order chi connectivity index (χ1) is 9.24. The Bertz CT molecular complexity index is 390. The van der Waals surface area contributed by atoms with Crippen molar-refractivity contribution in [3.05, 3.63) is 34.3 Å². The molecule has 3 heteroatoms. The van der Waals surface area contributed by atoms with Gasteiger partial charge in [-0.3, -0.25) is 0 Å². The Morgan fingerprint density at radius 2 is 2.16 bits per heavy atom. The predicted octanol–water partition coefficient (Wildman–Crippen LogP) is 3.97. The van der Waals surface area contributed by atoms with Crippen molar-refractivity contribution in [1.82, 2.24) is 10.2 Å². The van der Waals surface area contributed by atoms with Gasteiger partial charge < -0.3 is 10.2 Å². The lowest BCUT2D eigenvalue weighted by Crippen LogP contribution is -2.31. The van der Waals surface area contributed by atoms with E-state index in [2.05, 4.69) is 64.3 Å². The van der Waals surface area contributed by atoms with Crippen LogP contribution in [0.5, 0.6) is 0 Å². The largest absolute Gasteiger partial charge is 0.310 e. The summed E-state index contributed by atoms with van der Waals surface area (Å²) in [5, 5.41) is 3.62. The van der Waals surface area contributed by atoms with Gasteiger partial charge in [0.15, 0.2) is 0 Å². The molecule has 0 aliphatic heterocycles. The van der Waals surface area contributed by atoms with Crippen molar-refractivity contribution in [3.8, 4) is 0 Å². The molecule has 1 aromatic carbocycles. The lowest BCUT2D eigenvalue weighted by atomic mass is 10.0. The van der Waals surface area contributed by atoms with Gasteiger partial charge >= 0.3 is 0 Å². The maximum absolute atomic E-state index is 3.62. The quantitative estimate of drug-likeness (QED) is 0.778. The van der Waals surface area contributed by atoms with E-state index in [9.17, 15) is 0 Å². The minimum absolute atomic E-state index is 0.468. The van der Waals surface area contributed by atoms with Crippen molar-refractivity contribution in [1.29, 1.82) is 0 Å². The van der Waals surface area contributed by atoms with Gasteiger partial charge in [-0.15, -0.1) is 0 Å². The van der Waals surface area contributed by atoms with Gasteiger partial charge in [0.05, 0.1) is 0 Å². The summed E-state index contributed by atoms with van der Waals surface area (Å²) in [5.74, 6) is 0. The lowest BCUT2D eigenvalue weighted by Gasteiger charge is -2.24. The van der Waals surface area contributed by atoms with Crippen LogP contribution in [-0.4, -0.2) is 30.6 Å². The van der Waals surface area contributed by atoms with Gasteiger partial charge in [0.2, 0.25) is 0 Å². The van der Waals surface area contributed by atoms with Crippen molar-refractivity contribution in [2.45, 2.75) is 45.2 Å². The molecule has 19 heavy (non-hydrogen) atoms. The number of nitrogens with one attached hydrogen (secondary N) is 1. The van der Waals surface area contributed by atoms with Crippen LogP contribution in [0.3, 0.4) is 0 Å². The van der Waals surface area contributed by atoms with Crippen LogP contribution in [0.2, 0.25) is 0 Å². The van der Waals surface area contributed by atoms with E-state index in [1.54, 1.807) is 0 Å². The highest BCUT2D eigenvalue weighted by Crippen LogP contribution is 2.28. The monoisotopic (exact) mass is 324 g/mol.